The molecule has 2 N–H and O–H groups in total. The Labute approximate surface area is 158 Å². The monoisotopic (exact) mass is 379 g/mol. The first-order valence-electron chi connectivity index (χ1n) is 9.81. The average Bonchev–Trinajstić information content (AvgIpc) is 3.40. The summed E-state index contributed by atoms with van der Waals surface area (Å²) in [6.45, 7) is 4.71. The molecule has 2 saturated carbocycles. The molecule has 5 unspecified atom stereocenters. The summed E-state index contributed by atoms with van der Waals surface area (Å²) in [6, 6.07) is 7.57. The molecule has 3 rings (SSSR count). The molecule has 2 aliphatic carbocycles. The maximum Gasteiger partial charge on any atom is 0.191 e. The van der Waals surface area contributed by atoms with Gasteiger partial charge < -0.3 is 10.6 Å². The number of halogens is 1. The maximum absolute atomic E-state index is 14.0. The van der Waals surface area contributed by atoms with E-state index in [2.05, 4.69) is 15.6 Å². The summed E-state index contributed by atoms with van der Waals surface area (Å²) >= 11 is 0. The molecule has 6 heteroatoms. The van der Waals surface area contributed by atoms with Crippen LogP contribution in [0.2, 0.25) is 0 Å². The van der Waals surface area contributed by atoms with Crippen molar-refractivity contribution in [3.8, 4) is 0 Å². The number of benzene rings is 1. The molecule has 144 valence electrons. The Hall–Kier alpha value is -1.43. The Morgan fingerprint density at radius 3 is 2.77 bits per heavy atom. The van der Waals surface area contributed by atoms with Crippen molar-refractivity contribution >= 4 is 16.8 Å². The van der Waals surface area contributed by atoms with Gasteiger partial charge in [0.25, 0.3) is 0 Å². The van der Waals surface area contributed by atoms with Crippen molar-refractivity contribution in [3.05, 3.63) is 35.6 Å². The largest absolute Gasteiger partial charge is 0.354 e. The van der Waals surface area contributed by atoms with E-state index in [1.165, 1.54) is 6.07 Å². The van der Waals surface area contributed by atoms with Gasteiger partial charge in [0.2, 0.25) is 0 Å². The highest BCUT2D eigenvalue weighted by molar-refractivity contribution is 7.85. The quantitative estimate of drug-likeness (QED) is 0.589. The molecule has 5 atom stereocenters. The number of rotatable bonds is 6. The van der Waals surface area contributed by atoms with Crippen LogP contribution in [0.1, 0.15) is 57.4 Å². The van der Waals surface area contributed by atoms with Gasteiger partial charge in [-0.3, -0.25) is 9.20 Å². The van der Waals surface area contributed by atoms with Crippen LogP contribution < -0.4 is 10.6 Å². The van der Waals surface area contributed by atoms with Crippen LogP contribution >= 0.6 is 0 Å². The molecule has 0 radical (unpaired) electrons. The van der Waals surface area contributed by atoms with Gasteiger partial charge in [-0.05, 0) is 44.2 Å². The normalized spacial score (nSPS) is 29.9. The van der Waals surface area contributed by atoms with Crippen LogP contribution in [0.25, 0.3) is 0 Å². The Morgan fingerprint density at radius 2 is 2.04 bits per heavy atom. The Balaban J connectivity index is 1.56. The number of nitrogens with one attached hydrogen (secondary N) is 2. The fraction of sp³-hybridized carbons (Fsp3) is 0.650. The van der Waals surface area contributed by atoms with Crippen molar-refractivity contribution in [1.82, 2.24) is 10.6 Å². The maximum atomic E-state index is 14.0. The van der Waals surface area contributed by atoms with E-state index < -0.39 is 10.8 Å². The number of hydrogen-bond donors (Lipinski definition) is 2. The highest BCUT2D eigenvalue weighted by atomic mass is 32.2. The second-order valence-corrected chi connectivity index (χ2v) is 9.24. The highest BCUT2D eigenvalue weighted by Crippen LogP contribution is 2.41. The number of nitrogens with zero attached hydrogens (tertiary/aromatic N) is 1. The Bertz CT molecular complexity index is 666. The minimum atomic E-state index is -0.726. The molecule has 1 aromatic carbocycles. The number of guanidine groups is 1. The van der Waals surface area contributed by atoms with E-state index >= 15 is 0 Å². The summed E-state index contributed by atoms with van der Waals surface area (Å²) in [4.78, 5) is 4.56. The predicted molar refractivity (Wildman–Crippen MR) is 107 cm³/mol. The van der Waals surface area contributed by atoms with E-state index in [9.17, 15) is 8.60 Å². The van der Waals surface area contributed by atoms with Crippen LogP contribution in [0.15, 0.2) is 29.3 Å². The van der Waals surface area contributed by atoms with E-state index in [1.54, 1.807) is 6.07 Å². The van der Waals surface area contributed by atoms with Crippen LogP contribution in [-0.2, 0) is 10.8 Å². The van der Waals surface area contributed by atoms with Gasteiger partial charge in [0.15, 0.2) is 5.96 Å². The SMILES string of the molecule is CCN=C(NC1CCCC(S(=O)CC)C1)NC1CC1c1ccccc1F. The van der Waals surface area contributed by atoms with Crippen molar-refractivity contribution in [1.29, 1.82) is 0 Å². The van der Waals surface area contributed by atoms with Crippen LogP contribution in [0, 0.1) is 5.82 Å². The van der Waals surface area contributed by atoms with Crippen LogP contribution in [0.5, 0.6) is 0 Å². The Kier molecular flexibility index (Phi) is 6.68. The standard InChI is InChI=1S/C20H30FN3OS/c1-3-22-20(23-14-8-7-9-15(12-14)26(25)4-2)24-19-13-17(19)16-10-5-6-11-18(16)21/h5-6,10-11,14-15,17,19H,3-4,7-9,12-13H2,1-2H3,(H2,22,23,24). The molecule has 1 aromatic rings. The molecular formula is C20H30FN3OS. The lowest BCUT2D eigenvalue weighted by Gasteiger charge is -2.30. The molecule has 0 heterocycles. The zero-order valence-corrected chi connectivity index (χ0v) is 16.5. The lowest BCUT2D eigenvalue weighted by atomic mass is 9.95. The number of aliphatic imine (C=N–C) groups is 1. The fourth-order valence-electron chi connectivity index (χ4n) is 3.88. The van der Waals surface area contributed by atoms with E-state index in [0.717, 1.165) is 49.4 Å². The summed E-state index contributed by atoms with van der Waals surface area (Å²) < 4.78 is 26.1. The van der Waals surface area contributed by atoms with Crippen LogP contribution in [0.3, 0.4) is 0 Å². The van der Waals surface area contributed by atoms with Crippen LogP contribution in [-0.4, -0.2) is 39.8 Å². The van der Waals surface area contributed by atoms with Gasteiger partial charge in [0.1, 0.15) is 5.82 Å². The average molecular weight is 380 g/mol. The summed E-state index contributed by atoms with van der Waals surface area (Å²) in [5.74, 6) is 1.63. The van der Waals surface area contributed by atoms with Crippen molar-refractivity contribution in [2.75, 3.05) is 12.3 Å². The van der Waals surface area contributed by atoms with E-state index in [0.29, 0.717) is 17.8 Å². The van der Waals surface area contributed by atoms with E-state index in [-0.39, 0.29) is 17.8 Å². The van der Waals surface area contributed by atoms with Gasteiger partial charge in [-0.15, -0.1) is 0 Å². The molecule has 26 heavy (non-hydrogen) atoms. The molecule has 0 spiro atoms. The van der Waals surface area contributed by atoms with Crippen molar-refractivity contribution < 1.29 is 8.60 Å². The second-order valence-electron chi connectivity index (χ2n) is 7.24. The first-order valence-corrected chi connectivity index (χ1v) is 11.2. The number of hydrogen-bond acceptors (Lipinski definition) is 2. The fourth-order valence-corrected chi connectivity index (χ4v) is 5.23. The summed E-state index contributed by atoms with van der Waals surface area (Å²) in [5, 5.41) is 7.30. The van der Waals surface area contributed by atoms with Gasteiger partial charge >= 0.3 is 0 Å². The first-order chi connectivity index (χ1) is 12.6. The molecule has 0 aromatic heterocycles. The third-order valence-electron chi connectivity index (χ3n) is 5.36. The zero-order valence-electron chi connectivity index (χ0n) is 15.7. The topological polar surface area (TPSA) is 53.5 Å². The van der Waals surface area contributed by atoms with Gasteiger partial charge in [0.05, 0.1) is 0 Å². The van der Waals surface area contributed by atoms with E-state index in [4.69, 9.17) is 0 Å². The van der Waals surface area contributed by atoms with Gasteiger partial charge in [-0.25, -0.2) is 4.39 Å². The second kappa shape index (κ2) is 8.98. The lowest BCUT2D eigenvalue weighted by Crippen LogP contribution is -2.47. The molecule has 0 amide bonds. The van der Waals surface area contributed by atoms with Crippen molar-refractivity contribution in [3.63, 3.8) is 0 Å². The van der Waals surface area contributed by atoms with Crippen molar-refractivity contribution in [2.45, 2.75) is 69.2 Å². The summed E-state index contributed by atoms with van der Waals surface area (Å²) in [6.07, 6.45) is 5.12. The smallest absolute Gasteiger partial charge is 0.191 e. The molecule has 0 bridgehead atoms. The Morgan fingerprint density at radius 1 is 1.23 bits per heavy atom. The zero-order chi connectivity index (χ0) is 18.5. The highest BCUT2D eigenvalue weighted by Gasteiger charge is 2.40. The first kappa shape index (κ1) is 19.3. The molecule has 0 aliphatic heterocycles. The van der Waals surface area contributed by atoms with E-state index in [1.807, 2.05) is 26.0 Å². The predicted octanol–water partition coefficient (Wildman–Crippen LogP) is 3.32. The van der Waals surface area contributed by atoms with Gasteiger partial charge in [0, 0.05) is 46.3 Å². The minimum absolute atomic E-state index is 0.124. The molecule has 2 aliphatic rings. The minimum Gasteiger partial charge on any atom is -0.354 e. The summed E-state index contributed by atoms with van der Waals surface area (Å²) in [5.41, 5.74) is 0.789. The molecule has 2 fully saturated rings. The molecular weight excluding hydrogens is 349 g/mol. The van der Waals surface area contributed by atoms with Gasteiger partial charge in [-0.1, -0.05) is 31.5 Å². The van der Waals surface area contributed by atoms with Crippen molar-refractivity contribution in [2.24, 2.45) is 4.99 Å². The van der Waals surface area contributed by atoms with Gasteiger partial charge in [-0.2, -0.15) is 0 Å². The van der Waals surface area contributed by atoms with Crippen LogP contribution in [0.4, 0.5) is 4.39 Å². The third kappa shape index (κ3) is 4.84. The molecule has 4 nitrogen and oxygen atoms in total. The lowest BCUT2D eigenvalue weighted by molar-refractivity contribution is 0.413. The third-order valence-corrected chi connectivity index (χ3v) is 7.10. The molecule has 0 saturated heterocycles. The summed E-state index contributed by atoms with van der Waals surface area (Å²) in [7, 11) is -0.726.